The normalized spacial score (nSPS) is 10.9. The van der Waals surface area contributed by atoms with Gasteiger partial charge in [0.1, 0.15) is 16.3 Å². The van der Waals surface area contributed by atoms with Crippen molar-refractivity contribution in [3.05, 3.63) is 57.7 Å². The SMILES string of the molecule is CN(Cc1nc2ccsc2c(=O)[nH]1)C(=O)CSc1ccccc1F. The van der Waals surface area contributed by atoms with Gasteiger partial charge in [0.2, 0.25) is 5.91 Å². The molecule has 24 heavy (non-hydrogen) atoms. The van der Waals surface area contributed by atoms with E-state index in [0.29, 0.717) is 20.9 Å². The number of rotatable bonds is 5. The molecule has 0 aliphatic heterocycles. The van der Waals surface area contributed by atoms with Crippen molar-refractivity contribution in [3.8, 4) is 0 Å². The Morgan fingerprint density at radius 3 is 2.96 bits per heavy atom. The van der Waals surface area contributed by atoms with Crippen molar-refractivity contribution in [3.63, 3.8) is 0 Å². The standard InChI is InChI=1S/C16H14FN3O2S2/c1-20(14(21)9-24-12-5-3-2-4-10(12)17)8-13-18-11-6-7-23-15(11)16(22)19-13/h2-7H,8-9H2,1H3,(H,18,19,22). The Morgan fingerprint density at radius 2 is 2.17 bits per heavy atom. The summed E-state index contributed by atoms with van der Waals surface area (Å²) in [6, 6.07) is 8.10. The van der Waals surface area contributed by atoms with E-state index in [4.69, 9.17) is 0 Å². The molecule has 1 aromatic carbocycles. The van der Waals surface area contributed by atoms with Crippen LogP contribution in [-0.2, 0) is 11.3 Å². The first kappa shape index (κ1) is 16.7. The molecule has 2 heterocycles. The van der Waals surface area contributed by atoms with Crippen LogP contribution in [0.3, 0.4) is 0 Å². The first-order chi connectivity index (χ1) is 11.5. The van der Waals surface area contributed by atoms with Gasteiger partial charge in [-0.2, -0.15) is 0 Å². The minimum absolute atomic E-state index is 0.113. The summed E-state index contributed by atoms with van der Waals surface area (Å²) < 4.78 is 14.1. The van der Waals surface area contributed by atoms with Crippen molar-refractivity contribution in [1.82, 2.24) is 14.9 Å². The fraction of sp³-hybridized carbons (Fsp3) is 0.188. The molecule has 1 amide bonds. The van der Waals surface area contributed by atoms with Gasteiger partial charge in [-0.1, -0.05) is 12.1 Å². The number of benzene rings is 1. The number of halogens is 1. The van der Waals surface area contributed by atoms with Gasteiger partial charge in [0.05, 0.1) is 17.8 Å². The molecule has 1 N–H and O–H groups in total. The monoisotopic (exact) mass is 363 g/mol. The number of hydrogen-bond donors (Lipinski definition) is 1. The highest BCUT2D eigenvalue weighted by atomic mass is 32.2. The summed E-state index contributed by atoms with van der Waals surface area (Å²) in [5, 5.41) is 1.80. The van der Waals surface area contributed by atoms with E-state index in [1.165, 1.54) is 22.3 Å². The fourth-order valence-corrected chi connectivity index (χ4v) is 3.73. The summed E-state index contributed by atoms with van der Waals surface area (Å²) >= 11 is 2.47. The molecule has 0 saturated carbocycles. The van der Waals surface area contributed by atoms with Gasteiger partial charge in [-0.3, -0.25) is 9.59 Å². The third kappa shape index (κ3) is 3.65. The molecule has 3 rings (SSSR count). The van der Waals surface area contributed by atoms with Crippen LogP contribution in [-0.4, -0.2) is 33.6 Å². The molecule has 3 aromatic rings. The summed E-state index contributed by atoms with van der Waals surface area (Å²) in [5.74, 6) is 0.0309. The van der Waals surface area contributed by atoms with E-state index in [2.05, 4.69) is 9.97 Å². The smallest absolute Gasteiger partial charge is 0.268 e. The molecule has 0 bridgehead atoms. The van der Waals surface area contributed by atoms with E-state index in [-0.39, 0.29) is 29.6 Å². The number of carbonyl (C=O) groups excluding carboxylic acids is 1. The van der Waals surface area contributed by atoms with Gasteiger partial charge in [-0.15, -0.1) is 23.1 Å². The fourth-order valence-electron chi connectivity index (χ4n) is 2.12. The molecular formula is C16H14FN3O2S2. The van der Waals surface area contributed by atoms with E-state index >= 15 is 0 Å². The van der Waals surface area contributed by atoms with E-state index in [9.17, 15) is 14.0 Å². The van der Waals surface area contributed by atoms with Crippen molar-refractivity contribution in [1.29, 1.82) is 0 Å². The average molecular weight is 363 g/mol. The maximum atomic E-state index is 13.6. The topological polar surface area (TPSA) is 66.1 Å². The molecule has 0 radical (unpaired) electrons. The van der Waals surface area contributed by atoms with Crippen LogP contribution in [0.1, 0.15) is 5.82 Å². The second-order valence-corrected chi connectivity index (χ2v) is 7.05. The lowest BCUT2D eigenvalue weighted by atomic mass is 10.3. The van der Waals surface area contributed by atoms with Crippen LogP contribution in [0.15, 0.2) is 45.4 Å². The van der Waals surface area contributed by atoms with Crippen molar-refractivity contribution in [2.45, 2.75) is 11.4 Å². The van der Waals surface area contributed by atoms with Crippen molar-refractivity contribution in [2.75, 3.05) is 12.8 Å². The summed E-state index contributed by atoms with van der Waals surface area (Å²) in [6.07, 6.45) is 0. The largest absolute Gasteiger partial charge is 0.338 e. The molecule has 0 fully saturated rings. The van der Waals surface area contributed by atoms with Gasteiger partial charge in [0.15, 0.2) is 0 Å². The first-order valence-electron chi connectivity index (χ1n) is 7.12. The number of hydrogen-bond acceptors (Lipinski definition) is 5. The number of thiophene rings is 1. The number of H-pyrrole nitrogens is 1. The molecule has 0 atom stereocenters. The number of amides is 1. The molecule has 124 valence electrons. The van der Waals surface area contributed by atoms with Gasteiger partial charge >= 0.3 is 0 Å². The Bertz CT molecular complexity index is 938. The molecule has 0 aliphatic carbocycles. The van der Waals surface area contributed by atoms with Crippen molar-refractivity contribution < 1.29 is 9.18 Å². The summed E-state index contributed by atoms with van der Waals surface area (Å²) in [5.41, 5.74) is 0.423. The quantitative estimate of drug-likeness (QED) is 0.708. The average Bonchev–Trinajstić information content (AvgIpc) is 3.03. The van der Waals surface area contributed by atoms with Crippen molar-refractivity contribution >= 4 is 39.2 Å². The Balaban J connectivity index is 1.65. The Hall–Kier alpha value is -2.19. The van der Waals surface area contributed by atoms with Gasteiger partial charge in [0, 0.05) is 11.9 Å². The van der Waals surface area contributed by atoms with Gasteiger partial charge in [0.25, 0.3) is 5.56 Å². The number of thioether (sulfide) groups is 1. The summed E-state index contributed by atoms with van der Waals surface area (Å²) in [4.78, 5) is 33.1. The number of nitrogens with zero attached hydrogens (tertiary/aromatic N) is 2. The minimum atomic E-state index is -0.341. The number of fused-ring (bicyclic) bond motifs is 1. The first-order valence-corrected chi connectivity index (χ1v) is 8.99. The summed E-state index contributed by atoms with van der Waals surface area (Å²) in [6.45, 7) is 0.192. The van der Waals surface area contributed by atoms with E-state index < -0.39 is 0 Å². The minimum Gasteiger partial charge on any atom is -0.338 e. The van der Waals surface area contributed by atoms with Crippen molar-refractivity contribution in [2.24, 2.45) is 0 Å². The lowest BCUT2D eigenvalue weighted by Gasteiger charge is -2.16. The maximum absolute atomic E-state index is 13.6. The molecule has 5 nitrogen and oxygen atoms in total. The van der Waals surface area contributed by atoms with E-state index in [1.54, 1.807) is 36.7 Å². The summed E-state index contributed by atoms with van der Waals surface area (Å²) in [7, 11) is 1.63. The zero-order valence-corrected chi connectivity index (χ0v) is 14.4. The second-order valence-electron chi connectivity index (χ2n) is 5.12. The van der Waals surface area contributed by atoms with Crippen LogP contribution >= 0.6 is 23.1 Å². The third-order valence-corrected chi connectivity index (χ3v) is 5.30. The molecule has 0 spiro atoms. The Kier molecular flexibility index (Phi) is 4.96. The molecule has 8 heteroatoms. The molecule has 0 aliphatic rings. The van der Waals surface area contributed by atoms with Crippen LogP contribution in [0.25, 0.3) is 10.2 Å². The molecule has 2 aromatic heterocycles. The highest BCUT2D eigenvalue weighted by Gasteiger charge is 2.13. The predicted molar refractivity (Wildman–Crippen MR) is 93.8 cm³/mol. The number of carbonyl (C=O) groups is 1. The van der Waals surface area contributed by atoms with Crippen LogP contribution in [0, 0.1) is 5.82 Å². The van der Waals surface area contributed by atoms with Crippen LogP contribution in [0.5, 0.6) is 0 Å². The predicted octanol–water partition coefficient (Wildman–Crippen LogP) is 2.87. The molecule has 0 unspecified atom stereocenters. The van der Waals surface area contributed by atoms with Crippen LogP contribution in [0.2, 0.25) is 0 Å². The van der Waals surface area contributed by atoms with Crippen LogP contribution < -0.4 is 5.56 Å². The van der Waals surface area contributed by atoms with Gasteiger partial charge in [-0.05, 0) is 23.6 Å². The Morgan fingerprint density at radius 1 is 1.38 bits per heavy atom. The zero-order chi connectivity index (χ0) is 17.1. The third-order valence-electron chi connectivity index (χ3n) is 3.36. The van der Waals surface area contributed by atoms with E-state index in [0.717, 1.165) is 11.8 Å². The lowest BCUT2D eigenvalue weighted by molar-refractivity contribution is -0.127. The Labute approximate surface area is 145 Å². The van der Waals surface area contributed by atoms with Gasteiger partial charge < -0.3 is 9.88 Å². The van der Waals surface area contributed by atoms with E-state index in [1.807, 2.05) is 0 Å². The lowest BCUT2D eigenvalue weighted by Crippen LogP contribution is -2.29. The highest BCUT2D eigenvalue weighted by Crippen LogP contribution is 2.21. The molecular weight excluding hydrogens is 349 g/mol. The second kappa shape index (κ2) is 7.14. The maximum Gasteiger partial charge on any atom is 0.268 e. The number of aromatic nitrogens is 2. The zero-order valence-electron chi connectivity index (χ0n) is 12.8. The number of nitrogens with one attached hydrogen (secondary N) is 1. The number of aromatic amines is 1. The molecule has 0 saturated heterocycles. The van der Waals surface area contributed by atoms with Crippen LogP contribution in [0.4, 0.5) is 4.39 Å². The highest BCUT2D eigenvalue weighted by molar-refractivity contribution is 8.00. The van der Waals surface area contributed by atoms with Gasteiger partial charge in [-0.25, -0.2) is 9.37 Å².